The Morgan fingerprint density at radius 2 is 2.00 bits per heavy atom. The number of rotatable bonds is 2. The molecule has 1 N–H and O–H groups in total. The fourth-order valence-electron chi connectivity index (χ4n) is 0.815. The van der Waals surface area contributed by atoms with E-state index in [-0.39, 0.29) is 16.0 Å². The highest BCUT2D eigenvalue weighted by Crippen LogP contribution is 2.14. The van der Waals surface area contributed by atoms with E-state index in [0.717, 1.165) is 0 Å². The molecule has 2 nitrogen and oxygen atoms in total. The van der Waals surface area contributed by atoms with E-state index >= 15 is 0 Å². The normalized spacial score (nSPS) is 14.5. The van der Waals surface area contributed by atoms with Gasteiger partial charge in [0.1, 0.15) is 0 Å². The minimum absolute atomic E-state index is 0.0399. The Kier molecular flexibility index (Phi) is 5.14. The molecule has 0 aliphatic heterocycles. The molecule has 76 valence electrons. The van der Waals surface area contributed by atoms with Crippen molar-refractivity contribution in [3.8, 4) is 0 Å². The minimum atomic E-state index is -0.139. The number of allylic oxidation sites excluding steroid dienone is 1. The van der Waals surface area contributed by atoms with Gasteiger partial charge in [0, 0.05) is 10.8 Å². The van der Waals surface area contributed by atoms with Gasteiger partial charge in [0.25, 0.3) is 5.24 Å². The van der Waals surface area contributed by atoms with E-state index in [1.807, 2.05) is 46.8 Å². The van der Waals surface area contributed by atoms with Crippen molar-refractivity contribution >= 4 is 17.0 Å². The SMILES string of the molecule is C/C=C/[C@@H](C)SC(=O)NC(C)(C)C. The molecule has 0 fully saturated rings. The van der Waals surface area contributed by atoms with E-state index in [1.165, 1.54) is 11.8 Å². The largest absolute Gasteiger partial charge is 0.342 e. The van der Waals surface area contributed by atoms with E-state index in [4.69, 9.17) is 0 Å². The highest BCUT2D eigenvalue weighted by Gasteiger charge is 2.15. The van der Waals surface area contributed by atoms with E-state index in [1.54, 1.807) is 0 Å². The maximum absolute atomic E-state index is 11.4. The summed E-state index contributed by atoms with van der Waals surface area (Å²) >= 11 is 1.31. The molecule has 0 heterocycles. The van der Waals surface area contributed by atoms with Gasteiger partial charge in [0.15, 0.2) is 0 Å². The van der Waals surface area contributed by atoms with Gasteiger partial charge in [-0.25, -0.2) is 0 Å². The number of carbonyl (C=O) groups excluding carboxylic acids is 1. The highest BCUT2D eigenvalue weighted by atomic mass is 32.2. The van der Waals surface area contributed by atoms with Crippen LogP contribution in [0, 0.1) is 0 Å². The molecule has 1 atom stereocenters. The van der Waals surface area contributed by atoms with Crippen molar-refractivity contribution in [1.82, 2.24) is 5.32 Å². The van der Waals surface area contributed by atoms with Gasteiger partial charge in [0.05, 0.1) is 0 Å². The summed E-state index contributed by atoms with van der Waals surface area (Å²) in [7, 11) is 0. The Hall–Kier alpha value is -0.440. The van der Waals surface area contributed by atoms with E-state index in [0.29, 0.717) is 0 Å². The monoisotopic (exact) mass is 201 g/mol. The third-order valence-corrected chi connectivity index (χ3v) is 2.08. The molecule has 0 saturated heterocycles. The van der Waals surface area contributed by atoms with Gasteiger partial charge in [-0.2, -0.15) is 0 Å². The predicted octanol–water partition coefficient (Wildman–Crippen LogP) is 3.19. The van der Waals surface area contributed by atoms with Crippen LogP contribution in [0.1, 0.15) is 34.6 Å². The number of nitrogens with one attached hydrogen (secondary N) is 1. The summed E-state index contributed by atoms with van der Waals surface area (Å²) in [6, 6.07) is 0. The average molecular weight is 201 g/mol. The third kappa shape index (κ3) is 7.91. The van der Waals surface area contributed by atoms with Crippen LogP contribution in [-0.2, 0) is 0 Å². The van der Waals surface area contributed by atoms with Crippen LogP contribution < -0.4 is 5.32 Å². The van der Waals surface area contributed by atoms with Crippen molar-refractivity contribution in [1.29, 1.82) is 0 Å². The predicted molar refractivity (Wildman–Crippen MR) is 60.2 cm³/mol. The summed E-state index contributed by atoms with van der Waals surface area (Å²) in [4.78, 5) is 11.4. The molecule has 0 spiro atoms. The fraction of sp³-hybridized carbons (Fsp3) is 0.700. The Balaban J connectivity index is 3.88. The maximum atomic E-state index is 11.4. The van der Waals surface area contributed by atoms with Crippen LogP contribution in [0.15, 0.2) is 12.2 Å². The maximum Gasteiger partial charge on any atom is 0.280 e. The molecule has 0 saturated carbocycles. The summed E-state index contributed by atoms with van der Waals surface area (Å²) in [6.07, 6.45) is 3.97. The zero-order valence-corrected chi connectivity index (χ0v) is 9.87. The van der Waals surface area contributed by atoms with E-state index in [2.05, 4.69) is 5.32 Å². The number of thioether (sulfide) groups is 1. The molecule has 1 amide bonds. The summed E-state index contributed by atoms with van der Waals surface area (Å²) in [5.74, 6) is 0. The first-order valence-corrected chi connectivity index (χ1v) is 5.34. The molecular formula is C10H19NOS. The van der Waals surface area contributed by atoms with Crippen molar-refractivity contribution in [2.45, 2.75) is 45.4 Å². The molecule has 0 rings (SSSR count). The van der Waals surface area contributed by atoms with Crippen LogP contribution in [0.5, 0.6) is 0 Å². The van der Waals surface area contributed by atoms with Crippen molar-refractivity contribution < 1.29 is 4.79 Å². The van der Waals surface area contributed by atoms with Gasteiger partial charge in [-0.05, 0) is 34.6 Å². The smallest absolute Gasteiger partial charge is 0.280 e. The van der Waals surface area contributed by atoms with Gasteiger partial charge in [-0.3, -0.25) is 4.79 Å². The zero-order chi connectivity index (χ0) is 10.5. The Morgan fingerprint density at radius 3 is 2.38 bits per heavy atom. The lowest BCUT2D eigenvalue weighted by Gasteiger charge is -2.20. The Bertz CT molecular complexity index is 194. The topological polar surface area (TPSA) is 29.1 Å². The van der Waals surface area contributed by atoms with Crippen molar-refractivity contribution in [3.63, 3.8) is 0 Å². The molecular weight excluding hydrogens is 182 g/mol. The average Bonchev–Trinajstić information content (AvgIpc) is 1.81. The second-order valence-corrected chi connectivity index (χ2v) is 5.36. The third-order valence-electron chi connectivity index (χ3n) is 1.23. The first-order chi connectivity index (χ1) is 5.85. The number of carbonyl (C=O) groups is 1. The molecule has 0 aromatic heterocycles. The number of hydrogen-bond donors (Lipinski definition) is 1. The molecule has 0 unspecified atom stereocenters. The molecule has 3 heteroatoms. The lowest BCUT2D eigenvalue weighted by atomic mass is 10.1. The number of amides is 1. The van der Waals surface area contributed by atoms with Crippen molar-refractivity contribution in [3.05, 3.63) is 12.2 Å². The Morgan fingerprint density at radius 1 is 1.46 bits per heavy atom. The van der Waals surface area contributed by atoms with Crippen LogP contribution in [0.3, 0.4) is 0 Å². The van der Waals surface area contributed by atoms with Crippen LogP contribution >= 0.6 is 11.8 Å². The van der Waals surface area contributed by atoms with Gasteiger partial charge in [-0.1, -0.05) is 23.9 Å². The van der Waals surface area contributed by atoms with Crippen molar-refractivity contribution in [2.24, 2.45) is 0 Å². The van der Waals surface area contributed by atoms with Gasteiger partial charge < -0.3 is 5.32 Å². The summed E-state index contributed by atoms with van der Waals surface area (Å²) in [5.41, 5.74) is -0.139. The molecule has 0 aliphatic carbocycles. The summed E-state index contributed by atoms with van der Waals surface area (Å²) in [5, 5.41) is 3.18. The van der Waals surface area contributed by atoms with Crippen LogP contribution in [-0.4, -0.2) is 16.0 Å². The molecule has 0 aromatic rings. The molecule has 0 bridgehead atoms. The fourth-order valence-corrected chi connectivity index (χ4v) is 1.75. The molecule has 13 heavy (non-hydrogen) atoms. The van der Waals surface area contributed by atoms with Gasteiger partial charge in [-0.15, -0.1) is 0 Å². The minimum Gasteiger partial charge on any atom is -0.342 e. The first-order valence-electron chi connectivity index (χ1n) is 4.47. The summed E-state index contributed by atoms with van der Waals surface area (Å²) in [6.45, 7) is 9.90. The summed E-state index contributed by atoms with van der Waals surface area (Å²) < 4.78 is 0. The molecule has 0 aromatic carbocycles. The van der Waals surface area contributed by atoms with E-state index in [9.17, 15) is 4.79 Å². The number of hydrogen-bond acceptors (Lipinski definition) is 2. The van der Waals surface area contributed by atoms with Crippen LogP contribution in [0.25, 0.3) is 0 Å². The van der Waals surface area contributed by atoms with Crippen LogP contribution in [0.4, 0.5) is 4.79 Å². The van der Waals surface area contributed by atoms with Crippen molar-refractivity contribution in [2.75, 3.05) is 0 Å². The van der Waals surface area contributed by atoms with Gasteiger partial charge in [0.2, 0.25) is 0 Å². The molecule has 0 radical (unpaired) electrons. The quantitative estimate of drug-likeness (QED) is 0.695. The standard InChI is InChI=1S/C10H19NOS/c1-6-7-8(2)13-9(12)11-10(3,4)5/h6-8H,1-5H3,(H,11,12)/b7-6+/t8-/m1/s1. The molecule has 0 aliphatic rings. The Labute approximate surface area is 85.2 Å². The lowest BCUT2D eigenvalue weighted by molar-refractivity contribution is 0.253. The van der Waals surface area contributed by atoms with Crippen LogP contribution in [0.2, 0.25) is 0 Å². The first kappa shape index (κ1) is 12.6. The van der Waals surface area contributed by atoms with Gasteiger partial charge >= 0.3 is 0 Å². The second-order valence-electron chi connectivity index (χ2n) is 4.01. The lowest BCUT2D eigenvalue weighted by Crippen LogP contribution is -2.38. The van der Waals surface area contributed by atoms with E-state index < -0.39 is 0 Å². The highest BCUT2D eigenvalue weighted by molar-refractivity contribution is 8.14. The zero-order valence-electron chi connectivity index (χ0n) is 9.05. The second kappa shape index (κ2) is 5.32.